The molecule has 0 bridgehead atoms. The highest BCUT2D eigenvalue weighted by Gasteiger charge is 2.32. The molecule has 4 aromatic carbocycles. The number of ether oxygens (including phenoxy) is 2. The van der Waals surface area contributed by atoms with Crippen LogP contribution in [0.25, 0.3) is 0 Å². The number of carbonyl (C=O) groups excluding carboxylic acids is 4. The largest absolute Gasteiger partial charge is 0.426 e. The van der Waals surface area contributed by atoms with Crippen molar-refractivity contribution >= 4 is 35.1 Å². The van der Waals surface area contributed by atoms with Crippen LogP contribution in [0, 0.1) is 11.8 Å². The van der Waals surface area contributed by atoms with E-state index in [1.165, 1.54) is 0 Å². The highest BCUT2D eigenvalue weighted by molar-refractivity contribution is 6.05. The zero-order chi connectivity index (χ0) is 36.1. The molecule has 0 atom stereocenters. The van der Waals surface area contributed by atoms with Crippen molar-refractivity contribution in [1.82, 2.24) is 0 Å². The minimum absolute atomic E-state index is 0.00549. The third kappa shape index (κ3) is 9.47. The Morgan fingerprint density at radius 3 is 1.06 bits per heavy atom. The highest BCUT2D eigenvalue weighted by atomic mass is 16.5. The van der Waals surface area contributed by atoms with E-state index in [0.29, 0.717) is 59.7 Å². The normalized spacial score (nSPS) is 16.2. The first kappa shape index (κ1) is 36.1. The first-order valence-electron chi connectivity index (χ1n) is 17.1. The molecule has 50 heavy (non-hydrogen) atoms. The molecular weight excluding hydrogens is 628 g/mol. The van der Waals surface area contributed by atoms with Crippen LogP contribution in [-0.4, -0.2) is 23.8 Å². The maximum Gasteiger partial charge on any atom is 0.314 e. The number of hydrogen-bond acceptors (Lipinski definition) is 6. The summed E-state index contributed by atoms with van der Waals surface area (Å²) in [4.78, 5) is 51.2. The van der Waals surface area contributed by atoms with Gasteiger partial charge >= 0.3 is 11.9 Å². The molecule has 0 saturated heterocycles. The van der Waals surface area contributed by atoms with Crippen molar-refractivity contribution in [3.8, 4) is 11.5 Å². The Labute approximate surface area is 294 Å². The summed E-state index contributed by atoms with van der Waals surface area (Å²) in [7, 11) is 0. The van der Waals surface area contributed by atoms with E-state index in [4.69, 9.17) is 9.47 Å². The number of esters is 2. The van der Waals surface area contributed by atoms with Crippen LogP contribution in [0.1, 0.15) is 99.1 Å². The average Bonchev–Trinajstić information content (AvgIpc) is 3.09. The molecule has 8 nitrogen and oxygen atoms in total. The monoisotopic (exact) mass is 674 g/mol. The summed E-state index contributed by atoms with van der Waals surface area (Å²) in [6.07, 6.45) is 2.07. The fourth-order valence-electron chi connectivity index (χ4n) is 5.83. The van der Waals surface area contributed by atoms with E-state index >= 15 is 0 Å². The number of anilines is 2. The second-order valence-electron chi connectivity index (χ2n) is 15.0. The first-order valence-corrected chi connectivity index (χ1v) is 17.1. The second-order valence-corrected chi connectivity index (χ2v) is 15.0. The Balaban J connectivity index is 1.04. The summed E-state index contributed by atoms with van der Waals surface area (Å²) in [6.45, 7) is 12.7. The lowest BCUT2D eigenvalue weighted by molar-refractivity contribution is -0.145. The summed E-state index contributed by atoms with van der Waals surface area (Å²) < 4.78 is 11.2. The molecule has 260 valence electrons. The van der Waals surface area contributed by atoms with Gasteiger partial charge in [0.1, 0.15) is 11.5 Å². The van der Waals surface area contributed by atoms with E-state index in [0.717, 1.165) is 11.1 Å². The average molecular weight is 675 g/mol. The predicted octanol–water partition coefficient (Wildman–Crippen LogP) is 9.10. The van der Waals surface area contributed by atoms with Gasteiger partial charge in [-0.1, -0.05) is 65.8 Å². The summed E-state index contributed by atoms with van der Waals surface area (Å²) in [6, 6.07) is 28.5. The molecule has 0 radical (unpaired) electrons. The number of carbonyl (C=O) groups is 4. The SMILES string of the molecule is CC(C)(C)c1ccc(C(=O)Nc2ccc(OC(=O)[C@H]3CC[C@H](C(=O)Oc4ccc(NC(=O)c5ccc(C(C)(C)C)cc5)cc4)CC3)cc2)cc1. The second kappa shape index (κ2) is 15.1. The first-order chi connectivity index (χ1) is 23.7. The summed E-state index contributed by atoms with van der Waals surface area (Å²) in [5.74, 6) is -0.965. The van der Waals surface area contributed by atoms with Gasteiger partial charge < -0.3 is 20.1 Å². The molecule has 0 heterocycles. The number of nitrogens with one attached hydrogen (secondary N) is 2. The Morgan fingerprint density at radius 1 is 0.480 bits per heavy atom. The lowest BCUT2D eigenvalue weighted by atomic mass is 9.82. The van der Waals surface area contributed by atoms with Crippen molar-refractivity contribution in [3.05, 3.63) is 119 Å². The van der Waals surface area contributed by atoms with Crippen LogP contribution in [0.2, 0.25) is 0 Å². The van der Waals surface area contributed by atoms with Crippen molar-refractivity contribution in [3.63, 3.8) is 0 Å². The van der Waals surface area contributed by atoms with E-state index in [2.05, 4.69) is 52.2 Å². The van der Waals surface area contributed by atoms with Crippen molar-refractivity contribution < 1.29 is 28.7 Å². The van der Waals surface area contributed by atoms with Crippen molar-refractivity contribution in [2.45, 2.75) is 78.1 Å². The predicted molar refractivity (Wildman–Crippen MR) is 196 cm³/mol. The van der Waals surface area contributed by atoms with Gasteiger partial charge in [0.15, 0.2) is 0 Å². The Hall–Kier alpha value is -5.24. The standard InChI is InChI=1S/C42H46N2O6/c1-41(2,3)31-15-11-27(12-16-31)37(45)43-33-19-23-35(24-20-33)49-39(47)29-7-9-30(10-8-29)40(48)50-36-25-21-34(22-26-36)44-38(46)28-13-17-32(18-14-28)42(4,5)6/h11-26,29-30H,7-10H2,1-6H3,(H,43,45)(H,44,46)/t29-,30-. The summed E-state index contributed by atoms with van der Waals surface area (Å²) in [5.41, 5.74) is 4.62. The Morgan fingerprint density at radius 2 is 0.780 bits per heavy atom. The molecular formula is C42H46N2O6. The van der Waals surface area contributed by atoms with Gasteiger partial charge in [-0.3, -0.25) is 19.2 Å². The molecule has 1 aliphatic rings. The molecule has 5 rings (SSSR count). The lowest BCUT2D eigenvalue weighted by Gasteiger charge is -2.25. The van der Waals surface area contributed by atoms with Crippen LogP contribution >= 0.6 is 0 Å². The number of benzene rings is 4. The van der Waals surface area contributed by atoms with E-state index in [1.807, 2.05) is 48.5 Å². The minimum atomic E-state index is -0.338. The van der Waals surface area contributed by atoms with Gasteiger partial charge in [0.05, 0.1) is 11.8 Å². The van der Waals surface area contributed by atoms with E-state index in [9.17, 15) is 19.2 Å². The molecule has 1 fully saturated rings. The van der Waals surface area contributed by atoms with Crippen LogP contribution in [0.15, 0.2) is 97.1 Å². The molecule has 1 saturated carbocycles. The van der Waals surface area contributed by atoms with Gasteiger partial charge in [-0.05, 0) is 120 Å². The van der Waals surface area contributed by atoms with Crippen LogP contribution in [0.3, 0.4) is 0 Å². The van der Waals surface area contributed by atoms with Crippen molar-refractivity contribution in [2.75, 3.05) is 10.6 Å². The van der Waals surface area contributed by atoms with Crippen molar-refractivity contribution in [1.29, 1.82) is 0 Å². The molecule has 2 N–H and O–H groups in total. The molecule has 0 unspecified atom stereocenters. The van der Waals surface area contributed by atoms with Crippen LogP contribution < -0.4 is 20.1 Å². The lowest BCUT2D eigenvalue weighted by Crippen LogP contribution is -2.30. The smallest absolute Gasteiger partial charge is 0.314 e. The third-order valence-electron chi connectivity index (χ3n) is 9.08. The van der Waals surface area contributed by atoms with Gasteiger partial charge in [-0.25, -0.2) is 0 Å². The molecule has 0 spiro atoms. The minimum Gasteiger partial charge on any atom is -0.426 e. The van der Waals surface area contributed by atoms with Crippen LogP contribution in [0.4, 0.5) is 11.4 Å². The van der Waals surface area contributed by atoms with Gasteiger partial charge in [0.2, 0.25) is 0 Å². The molecule has 8 heteroatoms. The fraction of sp³-hybridized carbons (Fsp3) is 0.333. The molecule has 4 aromatic rings. The fourth-order valence-corrected chi connectivity index (χ4v) is 5.83. The Kier molecular flexibility index (Phi) is 10.9. The quantitative estimate of drug-likeness (QED) is 0.143. The van der Waals surface area contributed by atoms with E-state index in [-0.39, 0.29) is 46.4 Å². The third-order valence-corrected chi connectivity index (χ3v) is 9.08. The topological polar surface area (TPSA) is 111 Å². The van der Waals surface area contributed by atoms with Gasteiger partial charge in [-0.15, -0.1) is 0 Å². The van der Waals surface area contributed by atoms with Crippen molar-refractivity contribution in [2.24, 2.45) is 11.8 Å². The molecule has 2 amide bonds. The van der Waals surface area contributed by atoms with E-state index < -0.39 is 0 Å². The number of hydrogen-bond donors (Lipinski definition) is 2. The van der Waals surface area contributed by atoms with Gasteiger partial charge in [0.25, 0.3) is 11.8 Å². The van der Waals surface area contributed by atoms with Gasteiger partial charge in [0, 0.05) is 22.5 Å². The summed E-state index contributed by atoms with van der Waals surface area (Å²) >= 11 is 0. The molecule has 1 aliphatic carbocycles. The van der Waals surface area contributed by atoms with E-state index in [1.54, 1.807) is 48.5 Å². The van der Waals surface area contributed by atoms with Crippen LogP contribution in [0.5, 0.6) is 11.5 Å². The maximum atomic E-state index is 12.9. The maximum absolute atomic E-state index is 12.9. The zero-order valence-corrected chi connectivity index (χ0v) is 29.7. The zero-order valence-electron chi connectivity index (χ0n) is 29.7. The number of rotatable bonds is 8. The van der Waals surface area contributed by atoms with Gasteiger partial charge in [-0.2, -0.15) is 0 Å². The van der Waals surface area contributed by atoms with Crippen LogP contribution in [-0.2, 0) is 20.4 Å². The summed E-state index contributed by atoms with van der Waals surface area (Å²) in [5, 5.41) is 5.75. The molecule has 0 aliphatic heterocycles. The highest BCUT2D eigenvalue weighted by Crippen LogP contribution is 2.32. The molecule has 0 aromatic heterocycles. The number of amides is 2. The Bertz CT molecular complexity index is 1670.